The molecule has 108 valence electrons. The van der Waals surface area contributed by atoms with E-state index in [1.807, 2.05) is 19.1 Å². The van der Waals surface area contributed by atoms with E-state index in [-0.39, 0.29) is 5.92 Å². The smallest absolute Gasteiger partial charge is 0.146 e. The summed E-state index contributed by atoms with van der Waals surface area (Å²) in [5.74, 6) is 1.42. The summed E-state index contributed by atoms with van der Waals surface area (Å²) in [5, 5.41) is 9.60. The molecule has 0 bridgehead atoms. The molecule has 3 nitrogen and oxygen atoms in total. The average Bonchev–Trinajstić information content (AvgIpc) is 2.42. The summed E-state index contributed by atoms with van der Waals surface area (Å²) in [6.45, 7) is 6.07. The van der Waals surface area contributed by atoms with Crippen molar-refractivity contribution in [2.24, 2.45) is 0 Å². The quantitative estimate of drug-likeness (QED) is 0.810. The van der Waals surface area contributed by atoms with E-state index in [2.05, 4.69) is 19.9 Å². The molecule has 0 aliphatic carbocycles. The highest BCUT2D eigenvalue weighted by molar-refractivity contribution is 6.31. The molecule has 2 N–H and O–H groups in total. The number of nitrogens with zero attached hydrogens (tertiary/aromatic N) is 1. The van der Waals surface area contributed by atoms with Crippen molar-refractivity contribution >= 4 is 17.3 Å². The van der Waals surface area contributed by atoms with Crippen LogP contribution < -0.4 is 10.5 Å². The fourth-order valence-electron chi connectivity index (χ4n) is 2.07. The molecular formula is C17H17ClN2O. The minimum absolute atomic E-state index is 0.257. The van der Waals surface area contributed by atoms with Crippen LogP contribution in [0.1, 0.15) is 36.5 Å². The fraction of sp³-hybridized carbons (Fsp3) is 0.235. The van der Waals surface area contributed by atoms with Gasteiger partial charge in [0, 0.05) is 5.69 Å². The molecule has 0 fully saturated rings. The maximum atomic E-state index is 9.22. The van der Waals surface area contributed by atoms with Gasteiger partial charge in [0.2, 0.25) is 0 Å². The zero-order valence-electron chi connectivity index (χ0n) is 12.3. The predicted octanol–water partition coefficient (Wildman–Crippen LogP) is 5.02. The van der Waals surface area contributed by atoms with Gasteiger partial charge in [-0.3, -0.25) is 0 Å². The van der Waals surface area contributed by atoms with E-state index in [1.54, 1.807) is 18.2 Å². The zero-order valence-corrected chi connectivity index (χ0v) is 13.0. The van der Waals surface area contributed by atoms with Crippen molar-refractivity contribution in [3.05, 3.63) is 52.0 Å². The summed E-state index contributed by atoms with van der Waals surface area (Å²) >= 11 is 6.03. The van der Waals surface area contributed by atoms with Gasteiger partial charge in [-0.2, -0.15) is 5.26 Å². The number of nitriles is 1. The van der Waals surface area contributed by atoms with Gasteiger partial charge in [0.1, 0.15) is 23.1 Å². The number of ether oxygens (including phenoxy) is 1. The van der Waals surface area contributed by atoms with Gasteiger partial charge in [-0.15, -0.1) is 0 Å². The average molecular weight is 301 g/mol. The van der Waals surface area contributed by atoms with Crippen LogP contribution >= 0.6 is 11.6 Å². The van der Waals surface area contributed by atoms with Crippen molar-refractivity contribution in [2.45, 2.75) is 26.7 Å². The van der Waals surface area contributed by atoms with Crippen molar-refractivity contribution in [1.82, 2.24) is 0 Å². The van der Waals surface area contributed by atoms with E-state index < -0.39 is 0 Å². The van der Waals surface area contributed by atoms with Crippen LogP contribution in [0.25, 0.3) is 0 Å². The number of hydrogen-bond donors (Lipinski definition) is 1. The summed E-state index contributed by atoms with van der Waals surface area (Å²) in [7, 11) is 0. The molecule has 0 amide bonds. The molecule has 2 aromatic carbocycles. The lowest BCUT2D eigenvalue weighted by molar-refractivity contribution is 0.471. The Labute approximate surface area is 129 Å². The van der Waals surface area contributed by atoms with E-state index in [0.717, 1.165) is 16.8 Å². The first-order valence-electron chi connectivity index (χ1n) is 6.70. The minimum atomic E-state index is 0.257. The Hall–Kier alpha value is -2.18. The third kappa shape index (κ3) is 3.12. The topological polar surface area (TPSA) is 59.0 Å². The molecule has 2 rings (SSSR count). The van der Waals surface area contributed by atoms with E-state index >= 15 is 0 Å². The molecule has 0 radical (unpaired) electrons. The summed E-state index contributed by atoms with van der Waals surface area (Å²) in [4.78, 5) is 0. The molecule has 0 saturated carbocycles. The van der Waals surface area contributed by atoms with Gasteiger partial charge in [0.05, 0.1) is 5.02 Å². The standard InChI is InChI=1S/C17H17ClN2O/c1-10(2)12-8-15(20)11(3)7-17(12)21-16-6-4-5-14(18)13(16)9-19/h4-8,10H,20H2,1-3H3. The zero-order chi connectivity index (χ0) is 15.6. The number of aryl methyl sites for hydroxylation is 1. The van der Waals surface area contributed by atoms with Crippen LogP contribution in [0.5, 0.6) is 11.5 Å². The van der Waals surface area contributed by atoms with Crippen LogP contribution in [0, 0.1) is 18.3 Å². The van der Waals surface area contributed by atoms with Gasteiger partial charge in [-0.1, -0.05) is 31.5 Å². The second-order valence-electron chi connectivity index (χ2n) is 5.23. The van der Waals surface area contributed by atoms with Crippen LogP contribution in [0.2, 0.25) is 5.02 Å². The lowest BCUT2D eigenvalue weighted by Gasteiger charge is -2.17. The van der Waals surface area contributed by atoms with E-state index in [4.69, 9.17) is 22.1 Å². The van der Waals surface area contributed by atoms with E-state index in [9.17, 15) is 5.26 Å². The maximum Gasteiger partial charge on any atom is 0.146 e. The Morgan fingerprint density at radius 2 is 1.95 bits per heavy atom. The van der Waals surface area contributed by atoms with Crippen LogP contribution in [-0.4, -0.2) is 0 Å². The summed E-state index contributed by atoms with van der Waals surface area (Å²) < 4.78 is 5.95. The van der Waals surface area contributed by atoms with E-state index in [1.165, 1.54) is 0 Å². The number of benzene rings is 2. The highest BCUT2D eigenvalue weighted by Crippen LogP contribution is 2.36. The number of anilines is 1. The summed E-state index contributed by atoms with van der Waals surface area (Å²) in [6.07, 6.45) is 0. The highest BCUT2D eigenvalue weighted by Gasteiger charge is 2.14. The first-order chi connectivity index (χ1) is 9.93. The predicted molar refractivity (Wildman–Crippen MR) is 85.9 cm³/mol. The fourth-order valence-corrected chi connectivity index (χ4v) is 2.28. The first kappa shape index (κ1) is 15.2. The number of nitrogen functional groups attached to an aromatic ring is 1. The molecule has 0 unspecified atom stereocenters. The van der Waals surface area contributed by atoms with Gasteiger partial charge in [-0.25, -0.2) is 0 Å². The molecule has 0 saturated heterocycles. The second kappa shape index (κ2) is 6.07. The van der Waals surface area contributed by atoms with Crippen molar-refractivity contribution in [3.63, 3.8) is 0 Å². The minimum Gasteiger partial charge on any atom is -0.456 e. The Kier molecular flexibility index (Phi) is 4.40. The monoisotopic (exact) mass is 300 g/mol. The molecule has 0 aromatic heterocycles. The van der Waals surface area contributed by atoms with Crippen LogP contribution in [0.15, 0.2) is 30.3 Å². The van der Waals surface area contributed by atoms with Gasteiger partial charge in [-0.05, 0) is 48.2 Å². The van der Waals surface area contributed by atoms with Crippen LogP contribution in [-0.2, 0) is 0 Å². The molecule has 0 aliphatic heterocycles. The van der Waals surface area contributed by atoms with Crippen LogP contribution in [0.4, 0.5) is 5.69 Å². The third-order valence-corrected chi connectivity index (χ3v) is 3.64. The Morgan fingerprint density at radius 1 is 1.24 bits per heavy atom. The molecule has 0 spiro atoms. The Balaban J connectivity index is 2.52. The molecule has 0 aliphatic rings. The number of nitrogens with two attached hydrogens (primary N) is 1. The Bertz CT molecular complexity index is 717. The third-order valence-electron chi connectivity index (χ3n) is 3.33. The van der Waals surface area contributed by atoms with Crippen molar-refractivity contribution in [1.29, 1.82) is 5.26 Å². The van der Waals surface area contributed by atoms with Crippen molar-refractivity contribution in [2.75, 3.05) is 5.73 Å². The van der Waals surface area contributed by atoms with Crippen molar-refractivity contribution in [3.8, 4) is 17.6 Å². The van der Waals surface area contributed by atoms with Crippen molar-refractivity contribution < 1.29 is 4.74 Å². The molecule has 4 heteroatoms. The SMILES string of the molecule is Cc1cc(Oc2cccc(Cl)c2C#N)c(C(C)C)cc1N. The maximum absolute atomic E-state index is 9.22. The normalized spacial score (nSPS) is 10.5. The Morgan fingerprint density at radius 3 is 2.57 bits per heavy atom. The lowest BCUT2D eigenvalue weighted by Crippen LogP contribution is -1.99. The van der Waals surface area contributed by atoms with Gasteiger partial charge in [0.15, 0.2) is 0 Å². The van der Waals surface area contributed by atoms with Gasteiger partial charge >= 0.3 is 0 Å². The van der Waals surface area contributed by atoms with Gasteiger partial charge in [0.25, 0.3) is 0 Å². The number of rotatable bonds is 3. The highest BCUT2D eigenvalue weighted by atomic mass is 35.5. The molecular weight excluding hydrogens is 284 g/mol. The first-order valence-corrected chi connectivity index (χ1v) is 7.08. The summed E-state index contributed by atoms with van der Waals surface area (Å²) in [5.41, 5.74) is 8.98. The largest absolute Gasteiger partial charge is 0.456 e. The van der Waals surface area contributed by atoms with Gasteiger partial charge < -0.3 is 10.5 Å². The molecule has 0 atom stereocenters. The number of hydrogen-bond acceptors (Lipinski definition) is 3. The molecule has 21 heavy (non-hydrogen) atoms. The second-order valence-corrected chi connectivity index (χ2v) is 5.64. The number of halogens is 1. The van der Waals surface area contributed by atoms with Crippen LogP contribution in [0.3, 0.4) is 0 Å². The molecule has 0 heterocycles. The molecule has 2 aromatic rings. The van der Waals surface area contributed by atoms with E-state index in [0.29, 0.717) is 22.1 Å². The lowest BCUT2D eigenvalue weighted by atomic mass is 9.99. The summed E-state index contributed by atoms with van der Waals surface area (Å²) in [6, 6.07) is 11.1.